The van der Waals surface area contributed by atoms with Crippen molar-refractivity contribution in [1.29, 1.82) is 0 Å². The van der Waals surface area contributed by atoms with Gasteiger partial charge in [0.1, 0.15) is 5.82 Å². The van der Waals surface area contributed by atoms with Gasteiger partial charge in [0.2, 0.25) is 5.91 Å². The molecule has 1 aromatic rings. The molecule has 2 N–H and O–H groups in total. The minimum Gasteiger partial charge on any atom is -0.326 e. The number of rotatable bonds is 2. The van der Waals surface area contributed by atoms with Crippen molar-refractivity contribution in [3.63, 3.8) is 0 Å². The second-order valence-corrected chi connectivity index (χ2v) is 5.04. The summed E-state index contributed by atoms with van der Waals surface area (Å²) in [6, 6.07) is 4.69. The third kappa shape index (κ3) is 1.97. The predicted molar refractivity (Wildman–Crippen MR) is 64.0 cm³/mol. The van der Waals surface area contributed by atoms with Crippen LogP contribution in [-0.2, 0) is 11.3 Å². The maximum atomic E-state index is 13.5. The van der Waals surface area contributed by atoms with Crippen molar-refractivity contribution in [2.75, 3.05) is 11.4 Å². The summed E-state index contributed by atoms with van der Waals surface area (Å²) in [6.45, 7) is 0.661. The summed E-state index contributed by atoms with van der Waals surface area (Å²) < 4.78 is 13.5. The van der Waals surface area contributed by atoms with Crippen LogP contribution < -0.4 is 10.6 Å². The molecule has 86 valence electrons. The van der Waals surface area contributed by atoms with E-state index in [-0.39, 0.29) is 23.1 Å². The van der Waals surface area contributed by atoms with Crippen molar-refractivity contribution in [2.24, 2.45) is 5.73 Å². The highest BCUT2D eigenvalue weighted by molar-refractivity contribution is 9.09. The highest BCUT2D eigenvalue weighted by Crippen LogP contribution is 2.29. The molecule has 0 bridgehead atoms. The van der Waals surface area contributed by atoms with E-state index in [1.807, 2.05) is 0 Å². The zero-order valence-electron chi connectivity index (χ0n) is 8.62. The van der Waals surface area contributed by atoms with Crippen molar-refractivity contribution in [3.05, 3.63) is 29.6 Å². The number of benzene rings is 1. The van der Waals surface area contributed by atoms with Crippen LogP contribution in [0.15, 0.2) is 18.2 Å². The Morgan fingerprint density at radius 2 is 2.31 bits per heavy atom. The Morgan fingerprint density at radius 3 is 2.88 bits per heavy atom. The van der Waals surface area contributed by atoms with Crippen LogP contribution in [-0.4, -0.2) is 17.3 Å². The Labute approximate surface area is 102 Å². The highest BCUT2D eigenvalue weighted by atomic mass is 79.9. The summed E-state index contributed by atoms with van der Waals surface area (Å²) in [7, 11) is 0. The average molecular weight is 287 g/mol. The summed E-state index contributed by atoms with van der Waals surface area (Å²) in [4.78, 5) is 13.4. The first-order chi connectivity index (χ1) is 7.63. The lowest BCUT2D eigenvalue weighted by Crippen LogP contribution is -2.26. The van der Waals surface area contributed by atoms with E-state index in [0.717, 1.165) is 0 Å². The average Bonchev–Trinajstić information content (AvgIpc) is 2.57. The molecule has 0 aromatic heterocycles. The van der Waals surface area contributed by atoms with E-state index in [1.54, 1.807) is 17.0 Å². The summed E-state index contributed by atoms with van der Waals surface area (Å²) in [6.07, 6.45) is 0.445. The second kappa shape index (κ2) is 4.51. The fourth-order valence-corrected chi connectivity index (χ4v) is 2.47. The van der Waals surface area contributed by atoms with Crippen molar-refractivity contribution in [3.8, 4) is 0 Å². The third-order valence-electron chi connectivity index (χ3n) is 2.67. The normalized spacial score (nSPS) is 20.6. The van der Waals surface area contributed by atoms with Crippen molar-refractivity contribution < 1.29 is 9.18 Å². The van der Waals surface area contributed by atoms with Crippen LogP contribution >= 0.6 is 15.9 Å². The van der Waals surface area contributed by atoms with E-state index in [4.69, 9.17) is 5.73 Å². The summed E-state index contributed by atoms with van der Waals surface area (Å²) in [5.41, 5.74) is 6.50. The molecule has 1 aliphatic heterocycles. The largest absolute Gasteiger partial charge is 0.326 e. The Bertz CT molecular complexity index is 424. The molecule has 1 atom stereocenters. The standard InChI is InChI=1S/C11H12BrFN2O/c12-7-4-11(16)15(6-7)10-3-1-2-9(13)8(10)5-14/h1-3,7H,4-6,14H2. The van der Waals surface area contributed by atoms with Crippen molar-refractivity contribution in [1.82, 2.24) is 0 Å². The molecule has 1 fully saturated rings. The molecule has 1 unspecified atom stereocenters. The summed E-state index contributed by atoms with van der Waals surface area (Å²) >= 11 is 3.39. The minimum atomic E-state index is -0.356. The fraction of sp³-hybridized carbons (Fsp3) is 0.364. The molecule has 1 aromatic carbocycles. The summed E-state index contributed by atoms with van der Waals surface area (Å²) in [5, 5.41) is 0. The van der Waals surface area contributed by atoms with Crippen LogP contribution in [0.1, 0.15) is 12.0 Å². The lowest BCUT2D eigenvalue weighted by Gasteiger charge is -2.19. The smallest absolute Gasteiger partial charge is 0.228 e. The maximum Gasteiger partial charge on any atom is 0.228 e. The molecule has 5 heteroatoms. The molecule has 1 aliphatic rings. The minimum absolute atomic E-state index is 0.00201. The van der Waals surface area contributed by atoms with Crippen LogP contribution in [0.3, 0.4) is 0 Å². The molecular weight excluding hydrogens is 275 g/mol. The zero-order valence-corrected chi connectivity index (χ0v) is 10.2. The van der Waals surface area contributed by atoms with E-state index in [2.05, 4.69) is 15.9 Å². The second-order valence-electron chi connectivity index (χ2n) is 3.75. The van der Waals surface area contributed by atoms with Gasteiger partial charge in [-0.2, -0.15) is 0 Å². The molecule has 0 saturated carbocycles. The monoisotopic (exact) mass is 286 g/mol. The molecule has 0 spiro atoms. The summed E-state index contributed by atoms with van der Waals surface area (Å²) in [5.74, 6) is -0.354. The molecule has 1 saturated heterocycles. The van der Waals surface area contributed by atoms with E-state index < -0.39 is 0 Å². The van der Waals surface area contributed by atoms with Gasteiger partial charge in [-0.1, -0.05) is 22.0 Å². The third-order valence-corrected chi connectivity index (χ3v) is 3.28. The Hall–Kier alpha value is -0.940. The van der Waals surface area contributed by atoms with E-state index in [0.29, 0.717) is 24.2 Å². The molecule has 1 amide bonds. The van der Waals surface area contributed by atoms with Crippen LogP contribution in [0.2, 0.25) is 0 Å². The molecule has 1 heterocycles. The van der Waals surface area contributed by atoms with E-state index in [9.17, 15) is 9.18 Å². The van der Waals surface area contributed by atoms with Gasteiger partial charge in [0, 0.05) is 29.9 Å². The topological polar surface area (TPSA) is 46.3 Å². The predicted octanol–water partition coefficient (Wildman–Crippen LogP) is 1.78. The number of hydrogen-bond donors (Lipinski definition) is 1. The quantitative estimate of drug-likeness (QED) is 0.843. The molecule has 0 radical (unpaired) electrons. The van der Waals surface area contributed by atoms with Crippen LogP contribution in [0.5, 0.6) is 0 Å². The Balaban J connectivity index is 2.40. The van der Waals surface area contributed by atoms with Crippen molar-refractivity contribution >= 4 is 27.5 Å². The van der Waals surface area contributed by atoms with E-state index in [1.165, 1.54) is 6.07 Å². The number of alkyl halides is 1. The fourth-order valence-electron chi connectivity index (χ4n) is 1.90. The zero-order chi connectivity index (χ0) is 11.7. The van der Waals surface area contributed by atoms with Gasteiger partial charge >= 0.3 is 0 Å². The molecule has 0 aliphatic carbocycles. The molecule has 16 heavy (non-hydrogen) atoms. The number of nitrogens with zero attached hydrogens (tertiary/aromatic N) is 1. The lowest BCUT2D eigenvalue weighted by molar-refractivity contribution is -0.117. The first-order valence-electron chi connectivity index (χ1n) is 5.05. The number of hydrogen-bond acceptors (Lipinski definition) is 2. The van der Waals surface area contributed by atoms with Crippen LogP contribution in [0, 0.1) is 5.82 Å². The molecular formula is C11H12BrFN2O. The number of amides is 1. The first kappa shape index (κ1) is 11.5. The first-order valence-corrected chi connectivity index (χ1v) is 5.97. The number of halogens is 2. The van der Waals surface area contributed by atoms with Gasteiger partial charge in [-0.25, -0.2) is 4.39 Å². The lowest BCUT2D eigenvalue weighted by atomic mass is 10.1. The number of anilines is 1. The van der Waals surface area contributed by atoms with Gasteiger partial charge in [0.25, 0.3) is 0 Å². The van der Waals surface area contributed by atoms with Crippen LogP contribution in [0.4, 0.5) is 10.1 Å². The maximum absolute atomic E-state index is 13.5. The number of carbonyl (C=O) groups is 1. The van der Waals surface area contributed by atoms with Gasteiger partial charge in [0.15, 0.2) is 0 Å². The Morgan fingerprint density at radius 1 is 1.56 bits per heavy atom. The van der Waals surface area contributed by atoms with Gasteiger partial charge in [0.05, 0.1) is 5.69 Å². The Kier molecular flexibility index (Phi) is 3.25. The van der Waals surface area contributed by atoms with Gasteiger partial charge in [-0.3, -0.25) is 4.79 Å². The number of nitrogens with two attached hydrogens (primary N) is 1. The molecule has 2 rings (SSSR count). The van der Waals surface area contributed by atoms with E-state index >= 15 is 0 Å². The van der Waals surface area contributed by atoms with Crippen molar-refractivity contribution in [2.45, 2.75) is 17.8 Å². The molecule has 3 nitrogen and oxygen atoms in total. The SMILES string of the molecule is NCc1c(F)cccc1N1CC(Br)CC1=O. The van der Waals surface area contributed by atoms with Gasteiger partial charge in [-0.15, -0.1) is 0 Å². The van der Waals surface area contributed by atoms with Gasteiger partial charge in [-0.05, 0) is 12.1 Å². The van der Waals surface area contributed by atoms with Crippen LogP contribution in [0.25, 0.3) is 0 Å². The van der Waals surface area contributed by atoms with Gasteiger partial charge < -0.3 is 10.6 Å². The highest BCUT2D eigenvalue weighted by Gasteiger charge is 2.30. The number of carbonyl (C=O) groups excluding carboxylic acids is 1.